The third kappa shape index (κ3) is 5.05. The monoisotopic (exact) mass is 608 g/mol. The minimum Gasteiger partial charge on any atom is -0.488 e. The lowest BCUT2D eigenvalue weighted by Crippen LogP contribution is -2.54. The van der Waals surface area contributed by atoms with E-state index in [9.17, 15) is 14.4 Å². The molecule has 1 fully saturated rings. The molecule has 1 aliphatic heterocycles. The largest absolute Gasteiger partial charge is 0.488 e. The lowest BCUT2D eigenvalue weighted by atomic mass is 9.99. The van der Waals surface area contributed by atoms with Crippen molar-refractivity contribution in [2.45, 2.75) is 13.5 Å². The van der Waals surface area contributed by atoms with E-state index in [1.165, 1.54) is 6.08 Å². The van der Waals surface area contributed by atoms with E-state index in [0.29, 0.717) is 27.0 Å². The fourth-order valence-corrected chi connectivity index (χ4v) is 4.86. The summed E-state index contributed by atoms with van der Waals surface area (Å²) < 4.78 is 6.95. The zero-order valence-corrected chi connectivity index (χ0v) is 23.0. The highest BCUT2D eigenvalue weighted by atomic mass is 79.9. The highest BCUT2D eigenvalue weighted by Crippen LogP contribution is 2.33. The van der Waals surface area contributed by atoms with Gasteiger partial charge in [-0.1, -0.05) is 75.5 Å². The second-order valence-corrected chi connectivity index (χ2v) is 10.3. The fourth-order valence-electron chi connectivity index (χ4n) is 4.15. The van der Waals surface area contributed by atoms with Crippen molar-refractivity contribution < 1.29 is 19.1 Å². The van der Waals surface area contributed by atoms with Crippen molar-refractivity contribution in [2.24, 2.45) is 0 Å². The van der Waals surface area contributed by atoms with Crippen molar-refractivity contribution in [1.29, 1.82) is 0 Å². The first-order valence-corrected chi connectivity index (χ1v) is 13.0. The van der Waals surface area contributed by atoms with Gasteiger partial charge < -0.3 is 4.74 Å². The first-order valence-electron chi connectivity index (χ1n) is 11.5. The Morgan fingerprint density at radius 3 is 2.53 bits per heavy atom. The van der Waals surface area contributed by atoms with Gasteiger partial charge in [-0.3, -0.25) is 14.9 Å². The van der Waals surface area contributed by atoms with E-state index in [4.69, 9.17) is 27.9 Å². The summed E-state index contributed by atoms with van der Waals surface area (Å²) in [4.78, 5) is 40.1. The van der Waals surface area contributed by atoms with Gasteiger partial charge in [-0.05, 0) is 65.7 Å². The van der Waals surface area contributed by atoms with Gasteiger partial charge in [0.25, 0.3) is 11.8 Å². The molecule has 1 heterocycles. The topological polar surface area (TPSA) is 75.7 Å². The molecule has 6 nitrogen and oxygen atoms in total. The first-order chi connectivity index (χ1) is 18.2. The predicted octanol–water partition coefficient (Wildman–Crippen LogP) is 7.46. The van der Waals surface area contributed by atoms with Crippen LogP contribution < -0.4 is 15.0 Å². The predicted molar refractivity (Wildman–Crippen MR) is 153 cm³/mol. The van der Waals surface area contributed by atoms with Crippen LogP contribution in [0.3, 0.4) is 0 Å². The van der Waals surface area contributed by atoms with Gasteiger partial charge in [0.05, 0.1) is 5.69 Å². The lowest BCUT2D eigenvalue weighted by molar-refractivity contribution is -0.122. The smallest absolute Gasteiger partial charge is 0.335 e. The number of ether oxygens (including phenoxy) is 1. The van der Waals surface area contributed by atoms with Crippen LogP contribution in [-0.2, 0) is 16.2 Å². The number of rotatable bonds is 5. The average molecular weight is 610 g/mol. The zero-order chi connectivity index (χ0) is 27.0. The second kappa shape index (κ2) is 10.6. The van der Waals surface area contributed by atoms with Gasteiger partial charge in [0, 0.05) is 25.6 Å². The summed E-state index contributed by atoms with van der Waals surface area (Å²) in [5.74, 6) is -1.09. The number of halogens is 3. The highest BCUT2D eigenvalue weighted by Gasteiger charge is 2.37. The molecular formula is C29H19BrCl2N2O4. The van der Waals surface area contributed by atoms with Gasteiger partial charge in [-0.15, -0.1) is 0 Å². The minimum absolute atomic E-state index is 0.132. The second-order valence-electron chi connectivity index (χ2n) is 8.61. The number of amides is 4. The molecule has 5 rings (SSSR count). The fraction of sp³-hybridized carbons (Fsp3) is 0.0690. The van der Waals surface area contributed by atoms with Crippen molar-refractivity contribution in [3.63, 3.8) is 0 Å². The number of nitrogens with zero attached hydrogens (tertiary/aromatic N) is 1. The molecule has 0 unspecified atom stereocenters. The van der Waals surface area contributed by atoms with Gasteiger partial charge in [0.1, 0.15) is 17.9 Å². The van der Waals surface area contributed by atoms with Gasteiger partial charge in [0.2, 0.25) is 0 Å². The van der Waals surface area contributed by atoms with Crippen LogP contribution in [0.2, 0.25) is 10.0 Å². The summed E-state index contributed by atoms with van der Waals surface area (Å²) >= 11 is 15.8. The normalized spacial score (nSPS) is 14.8. The Bertz CT molecular complexity index is 1670. The average Bonchev–Trinajstić information content (AvgIpc) is 2.88. The van der Waals surface area contributed by atoms with E-state index in [1.807, 2.05) is 37.3 Å². The van der Waals surface area contributed by atoms with E-state index in [0.717, 1.165) is 31.3 Å². The third-order valence-corrected chi connectivity index (χ3v) is 7.60. The SMILES string of the molecule is Cc1cc(N2C(=O)NC(=O)/C(=C/c3c(OCc4ccc(Cl)cc4Cl)ccc4ccccc34)C2=O)ccc1Br. The molecule has 0 aromatic heterocycles. The number of imide groups is 2. The summed E-state index contributed by atoms with van der Waals surface area (Å²) in [5, 5.41) is 4.90. The number of nitrogens with one attached hydrogen (secondary N) is 1. The van der Waals surface area contributed by atoms with Gasteiger partial charge in [0.15, 0.2) is 0 Å². The maximum atomic E-state index is 13.5. The lowest BCUT2D eigenvalue weighted by Gasteiger charge is -2.27. The molecule has 0 bridgehead atoms. The van der Waals surface area contributed by atoms with Gasteiger partial charge in [-0.25, -0.2) is 9.69 Å². The van der Waals surface area contributed by atoms with Crippen LogP contribution in [0.1, 0.15) is 16.7 Å². The molecule has 4 aromatic carbocycles. The number of fused-ring (bicyclic) bond motifs is 1. The van der Waals surface area contributed by atoms with Crippen molar-refractivity contribution in [2.75, 3.05) is 4.90 Å². The van der Waals surface area contributed by atoms with Crippen LogP contribution in [0.25, 0.3) is 16.8 Å². The summed E-state index contributed by atoms with van der Waals surface area (Å²) in [6.07, 6.45) is 1.46. The number of carbonyl (C=O) groups is 3. The van der Waals surface area contributed by atoms with Crippen molar-refractivity contribution in [1.82, 2.24) is 5.32 Å². The van der Waals surface area contributed by atoms with Crippen LogP contribution in [0, 0.1) is 6.92 Å². The Hall–Kier alpha value is -3.65. The third-order valence-electron chi connectivity index (χ3n) is 6.12. The molecule has 0 saturated carbocycles. The van der Waals surface area contributed by atoms with E-state index in [-0.39, 0.29) is 12.2 Å². The Balaban J connectivity index is 1.58. The maximum Gasteiger partial charge on any atom is 0.335 e. The summed E-state index contributed by atoms with van der Waals surface area (Å²) in [5.41, 5.74) is 2.22. The van der Waals surface area contributed by atoms with E-state index >= 15 is 0 Å². The molecule has 38 heavy (non-hydrogen) atoms. The number of anilines is 1. The Morgan fingerprint density at radius 2 is 1.76 bits per heavy atom. The molecule has 0 aliphatic carbocycles. The number of hydrogen-bond acceptors (Lipinski definition) is 4. The summed E-state index contributed by atoms with van der Waals surface area (Å²) in [7, 11) is 0. The molecule has 190 valence electrons. The Labute approximate surface area is 236 Å². The molecule has 1 aliphatic rings. The molecule has 1 saturated heterocycles. The zero-order valence-electron chi connectivity index (χ0n) is 19.9. The number of hydrogen-bond donors (Lipinski definition) is 1. The minimum atomic E-state index is -0.814. The molecule has 9 heteroatoms. The summed E-state index contributed by atoms with van der Waals surface area (Å²) in [6.45, 7) is 1.97. The number of benzene rings is 4. The Morgan fingerprint density at radius 1 is 0.974 bits per heavy atom. The number of carbonyl (C=O) groups excluding carboxylic acids is 3. The van der Waals surface area contributed by atoms with Crippen molar-refractivity contribution in [3.8, 4) is 5.75 Å². The van der Waals surface area contributed by atoms with E-state index in [1.54, 1.807) is 42.5 Å². The van der Waals surface area contributed by atoms with Crippen molar-refractivity contribution >= 4 is 79.5 Å². The number of barbiturate groups is 1. The number of aryl methyl sites for hydroxylation is 1. The van der Waals surface area contributed by atoms with Gasteiger partial charge >= 0.3 is 6.03 Å². The van der Waals surface area contributed by atoms with Crippen molar-refractivity contribution in [3.05, 3.63) is 110 Å². The van der Waals surface area contributed by atoms with E-state index in [2.05, 4.69) is 21.2 Å². The molecule has 4 amide bonds. The van der Waals surface area contributed by atoms with Crippen LogP contribution in [0.4, 0.5) is 10.5 Å². The standard InChI is InChI=1S/C29H19BrCl2N2O4/c1-16-12-20(9-10-24(16)30)34-28(36)23(27(35)33-29(34)37)14-22-21-5-3-2-4-17(21)7-11-26(22)38-15-18-6-8-19(31)13-25(18)32/h2-14H,15H2,1H3,(H,33,35,37)/b23-14-. The molecular weight excluding hydrogens is 591 g/mol. The quantitative estimate of drug-likeness (QED) is 0.188. The van der Waals surface area contributed by atoms with Crippen LogP contribution in [0.5, 0.6) is 5.75 Å². The molecule has 1 N–H and O–H groups in total. The molecule has 4 aromatic rings. The molecule has 0 spiro atoms. The number of urea groups is 1. The first kappa shape index (κ1) is 26.0. The maximum absolute atomic E-state index is 13.5. The van der Waals surface area contributed by atoms with Crippen LogP contribution in [-0.4, -0.2) is 17.8 Å². The van der Waals surface area contributed by atoms with Crippen LogP contribution in [0.15, 0.2) is 82.8 Å². The van der Waals surface area contributed by atoms with Gasteiger partial charge in [-0.2, -0.15) is 0 Å². The van der Waals surface area contributed by atoms with Crippen LogP contribution >= 0.6 is 39.1 Å². The highest BCUT2D eigenvalue weighted by molar-refractivity contribution is 9.10. The molecule has 0 radical (unpaired) electrons. The molecule has 0 atom stereocenters. The summed E-state index contributed by atoms with van der Waals surface area (Å²) in [6, 6.07) is 20.6. The Kier molecular flexibility index (Phi) is 7.25. The van der Waals surface area contributed by atoms with E-state index < -0.39 is 17.8 Å².